The van der Waals surface area contributed by atoms with Gasteiger partial charge in [0.05, 0.1) is 0 Å². The lowest BCUT2D eigenvalue weighted by atomic mass is 9.93. The summed E-state index contributed by atoms with van der Waals surface area (Å²) in [6, 6.07) is 24.5. The van der Waals surface area contributed by atoms with Gasteiger partial charge in [0.2, 0.25) is 0 Å². The van der Waals surface area contributed by atoms with Crippen molar-refractivity contribution in [3.63, 3.8) is 0 Å². The zero-order valence-electron chi connectivity index (χ0n) is 11.2. The lowest BCUT2D eigenvalue weighted by Crippen LogP contribution is -1.94. The molecule has 3 aromatic carbocycles. The van der Waals surface area contributed by atoms with E-state index in [1.54, 1.807) is 0 Å². The molecule has 3 heteroatoms. The van der Waals surface area contributed by atoms with E-state index in [9.17, 15) is 0 Å². The lowest BCUT2D eigenvalue weighted by Gasteiger charge is -2.12. The molecule has 1 aliphatic rings. The van der Waals surface area contributed by atoms with Crippen LogP contribution in [0.1, 0.15) is 0 Å². The molecule has 1 heterocycles. The topological polar surface area (TPSA) is 30.5 Å². The van der Waals surface area contributed by atoms with Crippen molar-refractivity contribution in [3.8, 4) is 28.0 Å². The maximum absolute atomic E-state index is 5.14. The number of anilines is 1. The fraction of sp³-hybridized carbons (Fsp3) is 0. The third-order valence-corrected chi connectivity index (χ3v) is 3.59. The van der Waals surface area contributed by atoms with E-state index in [-0.39, 0.29) is 0 Å². The van der Waals surface area contributed by atoms with Crippen molar-refractivity contribution in [3.05, 3.63) is 72.8 Å². The zero-order chi connectivity index (χ0) is 14.1. The summed E-state index contributed by atoms with van der Waals surface area (Å²) in [6.45, 7) is 0. The molecule has 1 N–H and O–H groups in total. The Labute approximate surface area is 122 Å². The molecule has 0 fully saturated rings. The molecule has 102 valence electrons. The average molecular weight is 275 g/mol. The highest BCUT2D eigenvalue weighted by atomic mass is 17.3. The van der Waals surface area contributed by atoms with Crippen LogP contribution in [0.3, 0.4) is 0 Å². The van der Waals surface area contributed by atoms with Gasteiger partial charge in [-0.3, -0.25) is 0 Å². The van der Waals surface area contributed by atoms with E-state index in [0.717, 1.165) is 27.9 Å². The predicted octanol–water partition coefficient (Wildman–Crippen LogP) is 4.67. The van der Waals surface area contributed by atoms with Crippen molar-refractivity contribution in [2.45, 2.75) is 0 Å². The van der Waals surface area contributed by atoms with Gasteiger partial charge in [-0.25, -0.2) is 5.48 Å². The summed E-state index contributed by atoms with van der Waals surface area (Å²) < 4.78 is 0. The van der Waals surface area contributed by atoms with Crippen molar-refractivity contribution in [2.24, 2.45) is 0 Å². The van der Waals surface area contributed by atoms with Crippen molar-refractivity contribution < 1.29 is 9.88 Å². The molecule has 4 rings (SSSR count). The van der Waals surface area contributed by atoms with Crippen LogP contribution in [0, 0.1) is 0 Å². The van der Waals surface area contributed by atoms with E-state index >= 15 is 0 Å². The lowest BCUT2D eigenvalue weighted by molar-refractivity contribution is -0.160. The van der Waals surface area contributed by atoms with Gasteiger partial charge in [0, 0.05) is 5.56 Å². The Morgan fingerprint density at radius 1 is 0.667 bits per heavy atom. The normalized spacial score (nSPS) is 12.4. The average Bonchev–Trinajstić information content (AvgIpc) is 3.04. The predicted molar refractivity (Wildman–Crippen MR) is 82.6 cm³/mol. The molecule has 0 atom stereocenters. The second-order valence-electron chi connectivity index (χ2n) is 4.86. The van der Waals surface area contributed by atoms with Gasteiger partial charge >= 0.3 is 0 Å². The van der Waals surface area contributed by atoms with E-state index in [1.165, 1.54) is 0 Å². The van der Waals surface area contributed by atoms with Gasteiger partial charge in [0.15, 0.2) is 5.75 Å². The molecule has 3 nitrogen and oxygen atoms in total. The first kappa shape index (κ1) is 12.0. The SMILES string of the molecule is c1ccc(-c2ccc3c(c2-c2ccccc2)NOO3)cc1. The van der Waals surface area contributed by atoms with Gasteiger partial charge in [-0.1, -0.05) is 65.7 Å². The van der Waals surface area contributed by atoms with E-state index < -0.39 is 0 Å². The highest BCUT2D eigenvalue weighted by Gasteiger charge is 2.22. The third-order valence-electron chi connectivity index (χ3n) is 3.59. The van der Waals surface area contributed by atoms with Gasteiger partial charge in [0.25, 0.3) is 0 Å². The Balaban J connectivity index is 2.00. The standard InChI is InChI=1S/C18H13NO2/c1-3-7-13(8-4-1)15-11-12-16-18(19-21-20-16)17(15)14-9-5-2-6-10-14/h1-12,19H. The number of fused-ring (bicyclic) bond motifs is 1. The van der Waals surface area contributed by atoms with Gasteiger partial charge < -0.3 is 4.89 Å². The van der Waals surface area contributed by atoms with Crippen molar-refractivity contribution in [2.75, 3.05) is 5.48 Å². The van der Waals surface area contributed by atoms with Gasteiger partial charge in [0.1, 0.15) is 5.69 Å². The minimum absolute atomic E-state index is 0.702. The molecule has 1 aliphatic heterocycles. The molecular weight excluding hydrogens is 262 g/mol. The minimum Gasteiger partial charge on any atom is -0.312 e. The maximum atomic E-state index is 5.14. The Morgan fingerprint density at radius 3 is 2.05 bits per heavy atom. The van der Waals surface area contributed by atoms with Crippen LogP contribution < -0.4 is 10.4 Å². The Kier molecular flexibility index (Phi) is 2.83. The third kappa shape index (κ3) is 2.04. The zero-order valence-corrected chi connectivity index (χ0v) is 11.2. The number of nitrogens with one attached hydrogen (secondary N) is 1. The van der Waals surface area contributed by atoms with E-state index in [4.69, 9.17) is 9.88 Å². The second kappa shape index (κ2) is 4.96. The summed E-state index contributed by atoms with van der Waals surface area (Å²) in [5.74, 6) is 0.702. The molecule has 0 unspecified atom stereocenters. The number of hydrogen-bond donors (Lipinski definition) is 1. The van der Waals surface area contributed by atoms with Crippen molar-refractivity contribution >= 4 is 5.69 Å². The molecule has 0 aliphatic carbocycles. The molecule has 3 aromatic rings. The van der Waals surface area contributed by atoms with Gasteiger partial charge in [-0.15, -0.1) is 0 Å². The molecule has 0 spiro atoms. The summed E-state index contributed by atoms with van der Waals surface area (Å²) in [5, 5.41) is 0. The molecule has 0 radical (unpaired) electrons. The molecule has 0 aromatic heterocycles. The Morgan fingerprint density at radius 2 is 1.33 bits per heavy atom. The molecule has 21 heavy (non-hydrogen) atoms. The smallest absolute Gasteiger partial charge is 0.194 e. The Bertz CT molecular complexity index is 770. The fourth-order valence-electron chi connectivity index (χ4n) is 2.62. The van der Waals surface area contributed by atoms with Crippen molar-refractivity contribution in [1.82, 2.24) is 0 Å². The van der Waals surface area contributed by atoms with Crippen LogP contribution in [0.25, 0.3) is 22.3 Å². The van der Waals surface area contributed by atoms with Crippen LogP contribution in [-0.4, -0.2) is 0 Å². The van der Waals surface area contributed by atoms with Crippen LogP contribution in [-0.2, 0) is 4.99 Å². The van der Waals surface area contributed by atoms with Crippen LogP contribution in [0.2, 0.25) is 0 Å². The van der Waals surface area contributed by atoms with Crippen molar-refractivity contribution in [1.29, 1.82) is 0 Å². The van der Waals surface area contributed by atoms with Gasteiger partial charge in [-0.2, -0.15) is 0 Å². The first-order valence-corrected chi connectivity index (χ1v) is 6.81. The van der Waals surface area contributed by atoms with Crippen LogP contribution >= 0.6 is 0 Å². The highest BCUT2D eigenvalue weighted by molar-refractivity contribution is 5.94. The monoisotopic (exact) mass is 275 g/mol. The Hall–Kier alpha value is -2.78. The largest absolute Gasteiger partial charge is 0.312 e. The first-order chi connectivity index (χ1) is 10.4. The molecule has 0 saturated heterocycles. The number of benzene rings is 3. The van der Waals surface area contributed by atoms with Crippen LogP contribution in [0.4, 0.5) is 5.69 Å². The van der Waals surface area contributed by atoms with Crippen LogP contribution in [0.5, 0.6) is 5.75 Å². The van der Waals surface area contributed by atoms with Gasteiger partial charge in [-0.05, 0) is 28.8 Å². The summed E-state index contributed by atoms with van der Waals surface area (Å²) in [6.07, 6.45) is 0. The molecule has 0 saturated carbocycles. The van der Waals surface area contributed by atoms with Crippen LogP contribution in [0.15, 0.2) is 72.8 Å². The molecule has 0 bridgehead atoms. The minimum atomic E-state index is 0.702. The number of hydrogen-bond acceptors (Lipinski definition) is 3. The van der Waals surface area contributed by atoms with E-state index in [0.29, 0.717) is 5.75 Å². The number of rotatable bonds is 2. The second-order valence-corrected chi connectivity index (χ2v) is 4.86. The van der Waals surface area contributed by atoms with E-state index in [2.05, 4.69) is 35.8 Å². The highest BCUT2D eigenvalue weighted by Crippen LogP contribution is 2.45. The summed E-state index contributed by atoms with van der Waals surface area (Å²) in [5.41, 5.74) is 8.22. The fourth-order valence-corrected chi connectivity index (χ4v) is 2.62. The quantitative estimate of drug-likeness (QED) is 0.689. The molecule has 0 amide bonds. The summed E-state index contributed by atoms with van der Waals surface area (Å²) >= 11 is 0. The summed E-state index contributed by atoms with van der Waals surface area (Å²) in [7, 11) is 0. The van der Waals surface area contributed by atoms with E-state index in [1.807, 2.05) is 42.5 Å². The maximum Gasteiger partial charge on any atom is 0.194 e. The first-order valence-electron chi connectivity index (χ1n) is 6.81. The molecular formula is C18H13NO2. The summed E-state index contributed by atoms with van der Waals surface area (Å²) in [4.78, 5) is 10.1.